The molecule has 1 atom stereocenters. The van der Waals surface area contributed by atoms with E-state index in [0.717, 1.165) is 12.8 Å². The van der Waals surface area contributed by atoms with Gasteiger partial charge in [-0.3, -0.25) is 4.79 Å². The van der Waals surface area contributed by atoms with Gasteiger partial charge < -0.3 is 14.2 Å². The van der Waals surface area contributed by atoms with Crippen molar-refractivity contribution in [2.75, 3.05) is 19.8 Å². The first kappa shape index (κ1) is 16.1. The maximum absolute atomic E-state index is 12.3. The number of benzene rings is 1. The van der Waals surface area contributed by atoms with Crippen LogP contribution in [0.15, 0.2) is 23.1 Å². The van der Waals surface area contributed by atoms with Crippen LogP contribution in [0.1, 0.15) is 25.7 Å². The number of fused-ring (bicyclic) bond motifs is 1. The van der Waals surface area contributed by atoms with Crippen molar-refractivity contribution in [3.8, 4) is 11.5 Å². The first-order valence-electron chi connectivity index (χ1n) is 7.61. The SMILES string of the molecule is O=C(CCC1CCCO1)NS(=O)(=O)c1ccc2c(c1)OCCO2. The van der Waals surface area contributed by atoms with E-state index in [1.807, 2.05) is 0 Å². The van der Waals surface area contributed by atoms with Gasteiger partial charge in [0.25, 0.3) is 10.0 Å². The molecule has 1 aromatic rings. The number of ether oxygens (including phenoxy) is 3. The largest absolute Gasteiger partial charge is 0.486 e. The Morgan fingerprint density at radius 1 is 1.17 bits per heavy atom. The van der Waals surface area contributed by atoms with Gasteiger partial charge in [-0.1, -0.05) is 0 Å². The molecule has 2 aliphatic heterocycles. The molecule has 0 spiro atoms. The van der Waals surface area contributed by atoms with Crippen LogP contribution in [-0.2, 0) is 19.6 Å². The summed E-state index contributed by atoms with van der Waals surface area (Å²) in [6.45, 7) is 1.51. The maximum Gasteiger partial charge on any atom is 0.264 e. The van der Waals surface area contributed by atoms with Crippen molar-refractivity contribution in [1.29, 1.82) is 0 Å². The van der Waals surface area contributed by atoms with Gasteiger partial charge in [-0.15, -0.1) is 0 Å². The lowest BCUT2D eigenvalue weighted by Crippen LogP contribution is -2.31. The summed E-state index contributed by atoms with van der Waals surface area (Å²) in [6, 6.07) is 4.29. The lowest BCUT2D eigenvalue weighted by molar-refractivity contribution is -0.119. The summed E-state index contributed by atoms with van der Waals surface area (Å²) in [5, 5.41) is 0. The second-order valence-electron chi connectivity index (χ2n) is 5.51. The lowest BCUT2D eigenvalue weighted by Gasteiger charge is -2.19. The monoisotopic (exact) mass is 341 g/mol. The minimum atomic E-state index is -3.91. The van der Waals surface area contributed by atoms with E-state index in [-0.39, 0.29) is 17.4 Å². The molecule has 7 nitrogen and oxygen atoms in total. The first-order chi connectivity index (χ1) is 11.0. The molecule has 0 aliphatic carbocycles. The second kappa shape index (κ2) is 6.76. The number of sulfonamides is 1. The molecular weight excluding hydrogens is 322 g/mol. The van der Waals surface area contributed by atoms with Crippen molar-refractivity contribution >= 4 is 15.9 Å². The standard InChI is InChI=1S/C15H19NO6S/c17-15(6-3-11-2-1-7-20-11)16-23(18,19)12-4-5-13-14(10-12)22-9-8-21-13/h4-5,10-11H,1-3,6-9H2,(H,16,17). The van der Waals surface area contributed by atoms with Crippen molar-refractivity contribution in [2.24, 2.45) is 0 Å². The van der Waals surface area contributed by atoms with E-state index in [9.17, 15) is 13.2 Å². The smallest absolute Gasteiger partial charge is 0.264 e. The molecule has 1 N–H and O–H groups in total. The van der Waals surface area contributed by atoms with E-state index in [2.05, 4.69) is 4.72 Å². The molecule has 1 fully saturated rings. The summed E-state index contributed by atoms with van der Waals surface area (Å²) in [4.78, 5) is 11.9. The minimum Gasteiger partial charge on any atom is -0.486 e. The predicted molar refractivity (Wildman–Crippen MR) is 81.0 cm³/mol. The van der Waals surface area contributed by atoms with Gasteiger partial charge >= 0.3 is 0 Å². The Balaban J connectivity index is 1.62. The van der Waals surface area contributed by atoms with Crippen LogP contribution >= 0.6 is 0 Å². The molecular formula is C15H19NO6S. The highest BCUT2D eigenvalue weighted by atomic mass is 32.2. The van der Waals surface area contributed by atoms with Gasteiger partial charge in [0.15, 0.2) is 11.5 Å². The number of hydrogen-bond donors (Lipinski definition) is 1. The van der Waals surface area contributed by atoms with Crippen molar-refractivity contribution in [3.05, 3.63) is 18.2 Å². The summed E-state index contributed by atoms with van der Waals surface area (Å²) in [5.74, 6) is 0.334. The van der Waals surface area contributed by atoms with Crippen LogP contribution in [0.25, 0.3) is 0 Å². The van der Waals surface area contributed by atoms with E-state index in [4.69, 9.17) is 14.2 Å². The lowest BCUT2D eigenvalue weighted by atomic mass is 10.1. The van der Waals surface area contributed by atoms with Gasteiger partial charge in [-0.2, -0.15) is 0 Å². The van der Waals surface area contributed by atoms with Gasteiger partial charge in [0, 0.05) is 19.1 Å². The molecule has 1 amide bonds. The third kappa shape index (κ3) is 3.94. The van der Waals surface area contributed by atoms with Crippen LogP contribution in [0.5, 0.6) is 11.5 Å². The molecule has 0 radical (unpaired) electrons. The summed E-state index contributed by atoms with van der Waals surface area (Å²) < 4.78 is 42.7. The Morgan fingerprint density at radius 3 is 2.70 bits per heavy atom. The normalized spacial score (nSPS) is 20.3. The summed E-state index contributed by atoms with van der Waals surface area (Å²) in [6.07, 6.45) is 2.61. The van der Waals surface area contributed by atoms with Gasteiger partial charge in [-0.25, -0.2) is 13.1 Å². The molecule has 23 heavy (non-hydrogen) atoms. The molecule has 3 rings (SSSR count). The van der Waals surface area contributed by atoms with E-state index < -0.39 is 15.9 Å². The summed E-state index contributed by atoms with van der Waals surface area (Å²) in [5.41, 5.74) is 0. The molecule has 0 saturated carbocycles. The number of hydrogen-bond acceptors (Lipinski definition) is 6. The fourth-order valence-electron chi connectivity index (χ4n) is 2.61. The second-order valence-corrected chi connectivity index (χ2v) is 7.19. The van der Waals surface area contributed by atoms with E-state index in [1.54, 1.807) is 0 Å². The van der Waals surface area contributed by atoms with Crippen molar-refractivity contribution in [2.45, 2.75) is 36.7 Å². The molecule has 2 aliphatic rings. The average molecular weight is 341 g/mol. The Kier molecular flexibility index (Phi) is 4.72. The van der Waals surface area contributed by atoms with Crippen molar-refractivity contribution in [3.63, 3.8) is 0 Å². The molecule has 2 heterocycles. The molecule has 0 bridgehead atoms. The van der Waals surface area contributed by atoms with E-state index in [0.29, 0.717) is 37.7 Å². The van der Waals surface area contributed by atoms with Crippen LogP contribution in [0.4, 0.5) is 0 Å². The zero-order chi connectivity index (χ0) is 16.3. The summed E-state index contributed by atoms with van der Waals surface area (Å²) >= 11 is 0. The van der Waals surface area contributed by atoms with Gasteiger partial charge in [0.1, 0.15) is 13.2 Å². The zero-order valence-electron chi connectivity index (χ0n) is 12.6. The van der Waals surface area contributed by atoms with E-state index >= 15 is 0 Å². The van der Waals surface area contributed by atoms with Crippen LogP contribution in [0, 0.1) is 0 Å². The average Bonchev–Trinajstić information content (AvgIpc) is 3.05. The molecule has 1 saturated heterocycles. The molecule has 1 aromatic carbocycles. The highest BCUT2D eigenvalue weighted by Gasteiger charge is 2.23. The van der Waals surface area contributed by atoms with Crippen molar-refractivity contribution in [1.82, 2.24) is 4.72 Å². The number of carbonyl (C=O) groups is 1. The van der Waals surface area contributed by atoms with E-state index in [1.165, 1.54) is 18.2 Å². The van der Waals surface area contributed by atoms with Gasteiger partial charge in [0.05, 0.1) is 11.0 Å². The van der Waals surface area contributed by atoms with Gasteiger partial charge in [0.2, 0.25) is 5.91 Å². The highest BCUT2D eigenvalue weighted by Crippen LogP contribution is 2.32. The summed E-state index contributed by atoms with van der Waals surface area (Å²) in [7, 11) is -3.91. The van der Waals surface area contributed by atoms with Crippen LogP contribution in [-0.4, -0.2) is 40.2 Å². The fourth-order valence-corrected chi connectivity index (χ4v) is 3.64. The quantitative estimate of drug-likeness (QED) is 0.866. The maximum atomic E-state index is 12.3. The molecule has 8 heteroatoms. The minimum absolute atomic E-state index is 0.0211. The third-order valence-electron chi connectivity index (χ3n) is 3.79. The number of rotatable bonds is 5. The van der Waals surface area contributed by atoms with Crippen LogP contribution < -0.4 is 14.2 Å². The fraction of sp³-hybridized carbons (Fsp3) is 0.533. The Morgan fingerprint density at radius 2 is 1.96 bits per heavy atom. The molecule has 126 valence electrons. The van der Waals surface area contributed by atoms with Crippen LogP contribution in [0.3, 0.4) is 0 Å². The van der Waals surface area contributed by atoms with Gasteiger partial charge in [-0.05, 0) is 31.4 Å². The first-order valence-corrected chi connectivity index (χ1v) is 9.10. The predicted octanol–water partition coefficient (Wildman–Crippen LogP) is 1.22. The number of nitrogens with one attached hydrogen (secondary N) is 1. The molecule has 1 unspecified atom stereocenters. The number of carbonyl (C=O) groups excluding carboxylic acids is 1. The van der Waals surface area contributed by atoms with Crippen molar-refractivity contribution < 1.29 is 27.4 Å². The Bertz CT molecular complexity index is 681. The topological polar surface area (TPSA) is 90.9 Å². The zero-order valence-corrected chi connectivity index (χ0v) is 13.4. The number of amides is 1. The highest BCUT2D eigenvalue weighted by molar-refractivity contribution is 7.90. The Hall–Kier alpha value is -1.80. The molecule has 0 aromatic heterocycles. The van der Waals surface area contributed by atoms with Crippen LogP contribution in [0.2, 0.25) is 0 Å². The third-order valence-corrected chi connectivity index (χ3v) is 5.16. The Labute approximate surface area is 135 Å².